The molecule has 2 aromatic rings. The number of hydrogen-bond donors (Lipinski definition) is 1. The van der Waals surface area contributed by atoms with Gasteiger partial charge in [0.25, 0.3) is 5.56 Å². The van der Waals surface area contributed by atoms with Crippen LogP contribution in [0, 0.1) is 0 Å². The summed E-state index contributed by atoms with van der Waals surface area (Å²) in [5, 5.41) is 7.39. The number of ether oxygens (including phenoxy) is 1. The Kier molecular flexibility index (Phi) is 5.34. The Labute approximate surface area is 158 Å². The summed E-state index contributed by atoms with van der Waals surface area (Å²) in [4.78, 5) is 31.4. The number of amides is 1. The first-order chi connectivity index (χ1) is 12.7. The highest BCUT2D eigenvalue weighted by Crippen LogP contribution is 2.20. The smallest absolute Gasteiger partial charge is 0.264 e. The Hall–Kier alpha value is -2.26. The van der Waals surface area contributed by atoms with Crippen molar-refractivity contribution in [1.82, 2.24) is 29.5 Å². The predicted molar refractivity (Wildman–Crippen MR) is 101 cm³/mol. The maximum Gasteiger partial charge on any atom is 0.264 e. The van der Waals surface area contributed by atoms with E-state index >= 15 is 0 Å². The number of aryl methyl sites for hydroxylation is 1. The first kappa shape index (κ1) is 19.5. The second-order valence-electron chi connectivity index (χ2n) is 7.93. The summed E-state index contributed by atoms with van der Waals surface area (Å²) >= 11 is 0. The molecule has 0 aromatic carbocycles. The van der Waals surface area contributed by atoms with Gasteiger partial charge >= 0.3 is 0 Å². The molecule has 148 valence electrons. The van der Waals surface area contributed by atoms with Gasteiger partial charge in [-0.3, -0.25) is 23.7 Å². The maximum atomic E-state index is 12.5. The van der Waals surface area contributed by atoms with Gasteiger partial charge in [0.05, 0.1) is 18.4 Å². The molecule has 0 radical (unpaired) electrons. The molecule has 0 spiro atoms. The Morgan fingerprint density at radius 2 is 2.00 bits per heavy atom. The van der Waals surface area contributed by atoms with E-state index in [2.05, 4.69) is 48.0 Å². The van der Waals surface area contributed by atoms with E-state index in [4.69, 9.17) is 4.74 Å². The van der Waals surface area contributed by atoms with Gasteiger partial charge in [-0.15, -0.1) is 0 Å². The van der Waals surface area contributed by atoms with Crippen LogP contribution in [0.2, 0.25) is 0 Å². The molecule has 0 unspecified atom stereocenters. The number of morpholine rings is 1. The molecule has 3 rings (SSSR count). The normalized spacial score (nSPS) is 21.5. The van der Waals surface area contributed by atoms with E-state index in [1.54, 1.807) is 7.05 Å². The van der Waals surface area contributed by atoms with Gasteiger partial charge in [-0.1, -0.05) is 0 Å². The molecule has 1 aliphatic heterocycles. The topological polar surface area (TPSA) is 94.3 Å². The van der Waals surface area contributed by atoms with E-state index < -0.39 is 0 Å². The maximum absolute atomic E-state index is 12.5. The third-order valence-corrected chi connectivity index (χ3v) is 5.03. The van der Waals surface area contributed by atoms with Crippen molar-refractivity contribution in [3.8, 4) is 0 Å². The van der Waals surface area contributed by atoms with E-state index in [1.807, 2.05) is 0 Å². The minimum atomic E-state index is -0.265. The first-order valence-electron chi connectivity index (χ1n) is 9.22. The lowest BCUT2D eigenvalue weighted by molar-refractivity contribution is -0.123. The second-order valence-corrected chi connectivity index (χ2v) is 7.93. The lowest BCUT2D eigenvalue weighted by atomic mass is 10.00. The molecule has 27 heavy (non-hydrogen) atoms. The van der Waals surface area contributed by atoms with Gasteiger partial charge in [-0.2, -0.15) is 5.10 Å². The minimum absolute atomic E-state index is 0.0668. The van der Waals surface area contributed by atoms with Crippen LogP contribution in [0.4, 0.5) is 0 Å². The number of hydrogen-bond acceptors (Lipinski definition) is 6. The fraction of sp³-hybridized carbons (Fsp3) is 0.667. The number of aromatic nitrogens is 4. The molecule has 1 aliphatic rings. The summed E-state index contributed by atoms with van der Waals surface area (Å²) in [5.74, 6) is -0.218. The Bertz CT molecular complexity index is 877. The van der Waals surface area contributed by atoms with E-state index in [0.29, 0.717) is 17.6 Å². The van der Waals surface area contributed by atoms with Crippen molar-refractivity contribution in [2.45, 2.75) is 52.0 Å². The van der Waals surface area contributed by atoms with E-state index in [-0.39, 0.29) is 35.8 Å². The average Bonchev–Trinajstić information content (AvgIpc) is 2.97. The molecule has 1 amide bonds. The molecular weight excluding hydrogens is 348 g/mol. The summed E-state index contributed by atoms with van der Waals surface area (Å²) in [7, 11) is 1.72. The van der Waals surface area contributed by atoms with Gasteiger partial charge in [0.1, 0.15) is 18.3 Å². The van der Waals surface area contributed by atoms with Crippen molar-refractivity contribution in [2.24, 2.45) is 7.05 Å². The number of fused-ring (bicyclic) bond motifs is 1. The van der Waals surface area contributed by atoms with Crippen molar-refractivity contribution in [1.29, 1.82) is 0 Å². The van der Waals surface area contributed by atoms with Crippen molar-refractivity contribution >= 4 is 16.9 Å². The van der Waals surface area contributed by atoms with Gasteiger partial charge in [-0.05, 0) is 27.7 Å². The van der Waals surface area contributed by atoms with Gasteiger partial charge < -0.3 is 10.1 Å². The molecule has 3 heterocycles. The van der Waals surface area contributed by atoms with Crippen LogP contribution in [0.1, 0.15) is 27.7 Å². The highest BCUT2D eigenvalue weighted by molar-refractivity contribution is 5.77. The van der Waals surface area contributed by atoms with Gasteiger partial charge in [-0.25, -0.2) is 4.98 Å². The zero-order valence-corrected chi connectivity index (χ0v) is 16.6. The zero-order valence-electron chi connectivity index (χ0n) is 16.6. The molecule has 2 atom stereocenters. The second kappa shape index (κ2) is 7.40. The summed E-state index contributed by atoms with van der Waals surface area (Å²) in [5.41, 5.74) is 0.0325. The third kappa shape index (κ3) is 4.19. The predicted octanol–water partition coefficient (Wildman–Crippen LogP) is 0.134. The average molecular weight is 376 g/mol. The highest BCUT2D eigenvalue weighted by atomic mass is 16.5. The fourth-order valence-corrected chi connectivity index (χ4v) is 3.49. The Balaban J connectivity index is 1.62. The zero-order chi connectivity index (χ0) is 19.8. The molecular formula is C18H28N6O3. The molecule has 1 saturated heterocycles. The highest BCUT2D eigenvalue weighted by Gasteiger charge is 2.33. The molecule has 9 nitrogen and oxygen atoms in total. The van der Waals surface area contributed by atoms with Crippen LogP contribution in [0.15, 0.2) is 17.3 Å². The number of rotatable bonds is 5. The van der Waals surface area contributed by atoms with E-state index in [9.17, 15) is 9.59 Å². The van der Waals surface area contributed by atoms with Gasteiger partial charge in [0.15, 0.2) is 5.65 Å². The number of nitrogens with zero attached hydrogens (tertiary/aromatic N) is 5. The van der Waals surface area contributed by atoms with Crippen molar-refractivity contribution in [3.05, 3.63) is 22.9 Å². The van der Waals surface area contributed by atoms with Crippen LogP contribution in [-0.4, -0.2) is 67.5 Å². The Morgan fingerprint density at radius 1 is 1.33 bits per heavy atom. The van der Waals surface area contributed by atoms with E-state index in [0.717, 1.165) is 13.1 Å². The molecule has 0 bridgehead atoms. The molecule has 2 aromatic heterocycles. The number of nitrogens with one attached hydrogen (secondary N) is 1. The molecule has 9 heteroatoms. The van der Waals surface area contributed by atoms with Crippen LogP contribution >= 0.6 is 0 Å². The summed E-state index contributed by atoms with van der Waals surface area (Å²) in [6, 6.07) is 0. The molecule has 0 aliphatic carbocycles. The molecule has 1 N–H and O–H groups in total. The summed E-state index contributed by atoms with van der Waals surface area (Å²) in [6.45, 7) is 10.4. The summed E-state index contributed by atoms with van der Waals surface area (Å²) in [6.07, 6.45) is 3.20. The third-order valence-electron chi connectivity index (χ3n) is 5.03. The minimum Gasteiger partial charge on any atom is -0.373 e. The first-order valence-corrected chi connectivity index (χ1v) is 9.22. The molecule has 0 saturated carbocycles. The number of carbonyl (C=O) groups excluding carboxylic acids is 1. The van der Waals surface area contributed by atoms with Crippen LogP contribution in [-0.2, 0) is 23.1 Å². The van der Waals surface area contributed by atoms with Gasteiger partial charge in [0, 0.05) is 32.2 Å². The van der Waals surface area contributed by atoms with Gasteiger partial charge in [0.2, 0.25) is 5.91 Å². The van der Waals surface area contributed by atoms with Crippen LogP contribution in [0.25, 0.3) is 11.0 Å². The number of carbonyl (C=O) groups is 1. The largest absolute Gasteiger partial charge is 0.373 e. The van der Waals surface area contributed by atoms with E-state index in [1.165, 1.54) is 21.8 Å². The van der Waals surface area contributed by atoms with Crippen molar-refractivity contribution in [3.63, 3.8) is 0 Å². The monoisotopic (exact) mass is 376 g/mol. The van der Waals surface area contributed by atoms with Crippen LogP contribution in [0.3, 0.4) is 0 Å². The SMILES string of the molecule is C[C@@H]1CN(C(C)(C)CNC(=O)Cn2cnc3c(cnn3C)c2=O)C[C@@H](C)O1. The van der Waals surface area contributed by atoms with Crippen LogP contribution < -0.4 is 10.9 Å². The van der Waals surface area contributed by atoms with Crippen LogP contribution in [0.5, 0.6) is 0 Å². The van der Waals surface area contributed by atoms with Crippen molar-refractivity contribution < 1.29 is 9.53 Å². The Morgan fingerprint density at radius 3 is 2.67 bits per heavy atom. The lowest BCUT2D eigenvalue weighted by Crippen LogP contribution is -2.58. The standard InChI is InChI=1S/C18H28N6O3/c1-12-7-24(8-13(2)27-12)18(3,4)10-19-15(25)9-23-11-20-16-14(17(23)26)6-21-22(16)5/h6,11-13H,7-10H2,1-5H3,(H,19,25)/t12-,13-/m1/s1. The van der Waals surface area contributed by atoms with Crippen molar-refractivity contribution in [2.75, 3.05) is 19.6 Å². The quantitative estimate of drug-likeness (QED) is 0.797. The molecule has 1 fully saturated rings. The summed E-state index contributed by atoms with van der Waals surface area (Å²) < 4.78 is 8.63. The lowest BCUT2D eigenvalue weighted by Gasteiger charge is -2.45. The fourth-order valence-electron chi connectivity index (χ4n) is 3.49.